The molecule has 92 valence electrons. The van der Waals surface area contributed by atoms with Gasteiger partial charge in [-0.15, -0.1) is 0 Å². The Morgan fingerprint density at radius 3 is 3.00 bits per heavy atom. The summed E-state index contributed by atoms with van der Waals surface area (Å²) in [5, 5.41) is 5.86. The Labute approximate surface area is 104 Å². The van der Waals surface area contributed by atoms with Crippen LogP contribution in [0.5, 0.6) is 0 Å². The van der Waals surface area contributed by atoms with E-state index in [9.17, 15) is 4.79 Å². The van der Waals surface area contributed by atoms with E-state index in [4.69, 9.17) is 4.42 Å². The highest BCUT2D eigenvalue weighted by Gasteiger charge is 2.33. The molecular formula is C13H13N3O2. The summed E-state index contributed by atoms with van der Waals surface area (Å²) in [4.78, 5) is 14.7. The average Bonchev–Trinajstić information content (AvgIpc) is 3.10. The summed E-state index contributed by atoms with van der Waals surface area (Å²) in [5.74, 6) is 0.675. The lowest BCUT2D eigenvalue weighted by Gasteiger charge is -2.17. The first-order valence-electron chi connectivity index (χ1n) is 5.80. The van der Waals surface area contributed by atoms with E-state index < -0.39 is 0 Å². The van der Waals surface area contributed by atoms with Crippen LogP contribution in [0.15, 0.2) is 46.2 Å². The Morgan fingerprint density at radius 2 is 2.39 bits per heavy atom. The molecule has 5 nitrogen and oxygen atoms in total. The zero-order valence-corrected chi connectivity index (χ0v) is 9.96. The molecule has 0 aromatic carbocycles. The van der Waals surface area contributed by atoms with Crippen LogP contribution in [-0.4, -0.2) is 21.6 Å². The van der Waals surface area contributed by atoms with Crippen molar-refractivity contribution >= 4 is 11.6 Å². The third kappa shape index (κ3) is 1.73. The number of H-pyrrole nitrogens is 1. The number of amides is 1. The first-order valence-corrected chi connectivity index (χ1v) is 5.80. The molecule has 0 saturated heterocycles. The molecule has 18 heavy (non-hydrogen) atoms. The van der Waals surface area contributed by atoms with E-state index in [1.165, 1.54) is 11.9 Å². The third-order valence-electron chi connectivity index (χ3n) is 3.01. The smallest absolute Gasteiger partial charge is 0.240 e. The average molecular weight is 243 g/mol. The molecule has 0 radical (unpaired) electrons. The molecule has 2 aromatic rings. The number of nitrogens with one attached hydrogen (secondary N) is 1. The van der Waals surface area contributed by atoms with E-state index in [0.717, 1.165) is 17.2 Å². The highest BCUT2D eigenvalue weighted by molar-refractivity contribution is 6.01. The zero-order valence-electron chi connectivity index (χ0n) is 9.96. The molecule has 3 heterocycles. The maximum Gasteiger partial charge on any atom is 0.240 e. The second-order valence-corrected chi connectivity index (χ2v) is 4.23. The van der Waals surface area contributed by atoms with Gasteiger partial charge >= 0.3 is 0 Å². The largest absolute Gasteiger partial charge is 0.467 e. The Morgan fingerprint density at radius 1 is 1.50 bits per heavy atom. The molecule has 0 unspecified atom stereocenters. The predicted molar refractivity (Wildman–Crippen MR) is 65.9 cm³/mol. The molecule has 0 fully saturated rings. The van der Waals surface area contributed by atoms with Crippen molar-refractivity contribution in [1.29, 1.82) is 0 Å². The van der Waals surface area contributed by atoms with Crippen LogP contribution >= 0.6 is 0 Å². The molecule has 3 rings (SSSR count). The number of hydrogen-bond acceptors (Lipinski definition) is 3. The second-order valence-electron chi connectivity index (χ2n) is 4.23. The molecule has 0 spiro atoms. The lowest BCUT2D eigenvalue weighted by molar-refractivity contribution is -0.130. The van der Waals surface area contributed by atoms with Gasteiger partial charge in [-0.05, 0) is 24.3 Å². The maximum absolute atomic E-state index is 11.6. The lowest BCUT2D eigenvalue weighted by atomic mass is 10.1. The van der Waals surface area contributed by atoms with E-state index in [2.05, 4.69) is 10.1 Å². The van der Waals surface area contributed by atoms with Crippen molar-refractivity contribution in [3.63, 3.8) is 0 Å². The summed E-state index contributed by atoms with van der Waals surface area (Å²) in [6.07, 6.45) is 4.12. The summed E-state index contributed by atoms with van der Waals surface area (Å²) in [6, 6.07) is 7.40. The minimum Gasteiger partial charge on any atom is -0.467 e. The summed E-state index contributed by atoms with van der Waals surface area (Å²) < 4.78 is 5.39. The third-order valence-corrected chi connectivity index (χ3v) is 3.01. The van der Waals surface area contributed by atoms with Gasteiger partial charge in [0.25, 0.3) is 0 Å². The van der Waals surface area contributed by atoms with E-state index >= 15 is 0 Å². The summed E-state index contributed by atoms with van der Waals surface area (Å²) >= 11 is 0. The molecule has 0 bridgehead atoms. The minimum atomic E-state index is -0.143. The van der Waals surface area contributed by atoms with Crippen molar-refractivity contribution in [2.45, 2.75) is 19.4 Å². The molecule has 0 aliphatic carbocycles. The van der Waals surface area contributed by atoms with Crippen molar-refractivity contribution in [3.05, 3.63) is 48.2 Å². The van der Waals surface area contributed by atoms with Crippen LogP contribution in [0.1, 0.15) is 30.8 Å². The number of furan rings is 1. The van der Waals surface area contributed by atoms with E-state index in [-0.39, 0.29) is 11.9 Å². The molecule has 1 amide bonds. The van der Waals surface area contributed by atoms with Crippen molar-refractivity contribution in [1.82, 2.24) is 9.99 Å². The first-order chi connectivity index (χ1) is 8.75. The fraction of sp³-hybridized carbons (Fsp3) is 0.231. The van der Waals surface area contributed by atoms with E-state index in [1.54, 1.807) is 6.26 Å². The van der Waals surface area contributed by atoms with Crippen LogP contribution < -0.4 is 0 Å². The molecule has 1 N–H and O–H groups in total. The topological polar surface area (TPSA) is 61.6 Å². The SMILES string of the molecule is CC(=O)N1N=C(c2ccc[nH]2)C[C@H]1c1ccco1. The number of hydrogen-bond donors (Lipinski definition) is 1. The van der Waals surface area contributed by atoms with Gasteiger partial charge in [-0.3, -0.25) is 4.79 Å². The molecule has 1 aliphatic heterocycles. The summed E-state index contributed by atoms with van der Waals surface area (Å²) in [6.45, 7) is 1.51. The van der Waals surface area contributed by atoms with Crippen LogP contribution in [0.4, 0.5) is 0 Å². The van der Waals surface area contributed by atoms with Gasteiger partial charge in [0, 0.05) is 19.5 Å². The van der Waals surface area contributed by atoms with Gasteiger partial charge in [-0.1, -0.05) is 0 Å². The summed E-state index contributed by atoms with van der Waals surface area (Å²) in [7, 11) is 0. The van der Waals surface area contributed by atoms with Crippen LogP contribution in [0.2, 0.25) is 0 Å². The Balaban J connectivity index is 1.93. The van der Waals surface area contributed by atoms with Gasteiger partial charge in [-0.2, -0.15) is 5.10 Å². The Bertz CT molecular complexity index is 569. The number of hydrazone groups is 1. The highest BCUT2D eigenvalue weighted by Crippen LogP contribution is 2.32. The number of carbonyl (C=O) groups excluding carboxylic acids is 1. The number of nitrogens with zero attached hydrogens (tertiary/aromatic N) is 2. The van der Waals surface area contributed by atoms with Gasteiger partial charge in [0.1, 0.15) is 11.8 Å². The van der Waals surface area contributed by atoms with Crippen LogP contribution in [0.25, 0.3) is 0 Å². The summed E-state index contributed by atoms with van der Waals surface area (Å²) in [5.41, 5.74) is 1.81. The fourth-order valence-corrected chi connectivity index (χ4v) is 2.18. The molecule has 2 aromatic heterocycles. The van der Waals surface area contributed by atoms with Gasteiger partial charge in [0.05, 0.1) is 17.7 Å². The highest BCUT2D eigenvalue weighted by atomic mass is 16.3. The Kier molecular flexibility index (Phi) is 2.51. The van der Waals surface area contributed by atoms with E-state index in [0.29, 0.717) is 6.42 Å². The first kappa shape index (κ1) is 10.8. The second kappa shape index (κ2) is 4.18. The Hall–Kier alpha value is -2.30. The van der Waals surface area contributed by atoms with E-state index in [1.807, 2.05) is 30.5 Å². The molecule has 0 saturated carbocycles. The number of aromatic amines is 1. The standard InChI is InChI=1S/C13H13N3O2/c1-9(17)16-12(13-5-3-7-18-13)8-11(15-16)10-4-2-6-14-10/h2-7,12,14H,8H2,1H3/t12-/m0/s1. The molecule has 5 heteroatoms. The van der Waals surface area contributed by atoms with Crippen LogP contribution in [0, 0.1) is 0 Å². The predicted octanol–water partition coefficient (Wildman–Crippen LogP) is 2.31. The fourth-order valence-electron chi connectivity index (χ4n) is 2.18. The zero-order chi connectivity index (χ0) is 12.5. The molecule has 1 aliphatic rings. The lowest BCUT2D eigenvalue weighted by Crippen LogP contribution is -2.23. The normalized spacial score (nSPS) is 19.1. The van der Waals surface area contributed by atoms with Crippen molar-refractivity contribution < 1.29 is 9.21 Å². The number of aromatic nitrogens is 1. The van der Waals surface area contributed by atoms with Crippen LogP contribution in [0.3, 0.4) is 0 Å². The monoisotopic (exact) mass is 243 g/mol. The van der Waals surface area contributed by atoms with Crippen molar-refractivity contribution in [2.24, 2.45) is 5.10 Å². The quantitative estimate of drug-likeness (QED) is 0.879. The maximum atomic E-state index is 11.6. The minimum absolute atomic E-state index is 0.0852. The number of rotatable bonds is 2. The van der Waals surface area contributed by atoms with Gasteiger partial charge < -0.3 is 9.40 Å². The van der Waals surface area contributed by atoms with Gasteiger partial charge in [0.2, 0.25) is 5.91 Å². The van der Waals surface area contributed by atoms with Crippen LogP contribution in [-0.2, 0) is 4.79 Å². The van der Waals surface area contributed by atoms with Gasteiger partial charge in [0.15, 0.2) is 0 Å². The number of carbonyl (C=O) groups is 1. The van der Waals surface area contributed by atoms with Gasteiger partial charge in [-0.25, -0.2) is 5.01 Å². The molecule has 1 atom stereocenters. The molecular weight excluding hydrogens is 230 g/mol. The van der Waals surface area contributed by atoms with Crippen molar-refractivity contribution in [2.75, 3.05) is 0 Å². The van der Waals surface area contributed by atoms with Crippen molar-refractivity contribution in [3.8, 4) is 0 Å².